The molecule has 0 aromatic heterocycles. The van der Waals surface area contributed by atoms with E-state index in [1.807, 2.05) is 19.1 Å². The van der Waals surface area contributed by atoms with E-state index in [0.29, 0.717) is 18.9 Å². The molecule has 0 radical (unpaired) electrons. The molecular formula is C20H19NO. The number of ether oxygens (including phenoxy) is 1. The molecule has 2 nitrogen and oxygen atoms in total. The molecule has 0 amide bonds. The van der Waals surface area contributed by atoms with E-state index in [9.17, 15) is 0 Å². The van der Waals surface area contributed by atoms with Crippen LogP contribution in [0.4, 0.5) is 0 Å². The Bertz CT molecular complexity index is 793. The largest absolute Gasteiger partial charge is 0.481 e. The van der Waals surface area contributed by atoms with E-state index in [4.69, 9.17) is 10.1 Å². The van der Waals surface area contributed by atoms with Crippen molar-refractivity contribution < 1.29 is 4.74 Å². The lowest BCUT2D eigenvalue weighted by Crippen LogP contribution is -2.07. The third-order valence-corrected chi connectivity index (χ3v) is 3.77. The van der Waals surface area contributed by atoms with Crippen molar-refractivity contribution in [3.63, 3.8) is 0 Å². The maximum absolute atomic E-state index is 7.90. The van der Waals surface area contributed by atoms with Gasteiger partial charge in [0.05, 0.1) is 6.61 Å². The van der Waals surface area contributed by atoms with Crippen LogP contribution in [0.2, 0.25) is 0 Å². The zero-order valence-corrected chi connectivity index (χ0v) is 12.7. The summed E-state index contributed by atoms with van der Waals surface area (Å²) in [5.74, 6) is 0.320. The highest BCUT2D eigenvalue weighted by Gasteiger charge is 2.09. The minimum absolute atomic E-state index is 0.320. The van der Waals surface area contributed by atoms with Gasteiger partial charge in [0, 0.05) is 6.42 Å². The molecule has 0 saturated carbocycles. The summed E-state index contributed by atoms with van der Waals surface area (Å²) in [6.07, 6.45) is 0.531. The SMILES string of the molecule is CCOC(=N)Cc1ccc(-c2ccccc2)c2ccccc12. The van der Waals surface area contributed by atoms with Gasteiger partial charge in [-0.1, -0.05) is 66.7 Å². The second kappa shape index (κ2) is 6.44. The van der Waals surface area contributed by atoms with Gasteiger partial charge in [-0.25, -0.2) is 0 Å². The average molecular weight is 289 g/mol. The molecule has 1 N–H and O–H groups in total. The topological polar surface area (TPSA) is 33.1 Å². The van der Waals surface area contributed by atoms with Crippen LogP contribution in [-0.2, 0) is 11.2 Å². The summed E-state index contributed by atoms with van der Waals surface area (Å²) in [5, 5.41) is 10.3. The minimum Gasteiger partial charge on any atom is -0.481 e. The van der Waals surface area contributed by atoms with Crippen LogP contribution in [0.15, 0.2) is 66.7 Å². The van der Waals surface area contributed by atoms with E-state index in [-0.39, 0.29) is 0 Å². The Hall–Kier alpha value is -2.61. The number of nitrogens with one attached hydrogen (secondary N) is 1. The third-order valence-electron chi connectivity index (χ3n) is 3.77. The maximum Gasteiger partial charge on any atom is 0.184 e. The molecule has 0 saturated heterocycles. The zero-order valence-electron chi connectivity index (χ0n) is 12.7. The highest BCUT2D eigenvalue weighted by Crippen LogP contribution is 2.31. The van der Waals surface area contributed by atoms with E-state index in [1.54, 1.807) is 0 Å². The van der Waals surface area contributed by atoms with E-state index in [1.165, 1.54) is 21.9 Å². The van der Waals surface area contributed by atoms with Crippen molar-refractivity contribution in [2.75, 3.05) is 6.61 Å². The van der Waals surface area contributed by atoms with E-state index >= 15 is 0 Å². The highest BCUT2D eigenvalue weighted by molar-refractivity contribution is 5.99. The quantitative estimate of drug-likeness (QED) is 0.528. The molecule has 110 valence electrons. The first-order valence-corrected chi connectivity index (χ1v) is 7.56. The lowest BCUT2D eigenvalue weighted by atomic mass is 9.94. The molecule has 0 fully saturated rings. The molecule has 3 rings (SSSR count). The van der Waals surface area contributed by atoms with Crippen molar-refractivity contribution in [1.29, 1.82) is 5.41 Å². The van der Waals surface area contributed by atoms with Gasteiger partial charge >= 0.3 is 0 Å². The molecule has 0 aliphatic carbocycles. The van der Waals surface area contributed by atoms with Crippen molar-refractivity contribution in [2.45, 2.75) is 13.3 Å². The number of benzene rings is 3. The zero-order chi connectivity index (χ0) is 15.4. The fraction of sp³-hybridized carbons (Fsp3) is 0.150. The molecule has 0 aliphatic heterocycles. The van der Waals surface area contributed by atoms with E-state index in [2.05, 4.69) is 54.6 Å². The second-order valence-electron chi connectivity index (χ2n) is 5.22. The lowest BCUT2D eigenvalue weighted by Gasteiger charge is -2.12. The van der Waals surface area contributed by atoms with Gasteiger partial charge in [-0.2, -0.15) is 0 Å². The Balaban J connectivity index is 2.10. The molecule has 0 atom stereocenters. The smallest absolute Gasteiger partial charge is 0.184 e. The third kappa shape index (κ3) is 2.86. The molecule has 2 heteroatoms. The van der Waals surface area contributed by atoms with Crippen molar-refractivity contribution in [2.24, 2.45) is 0 Å². The summed E-state index contributed by atoms with van der Waals surface area (Å²) >= 11 is 0. The summed E-state index contributed by atoms with van der Waals surface area (Å²) in [6, 6.07) is 23.0. The standard InChI is InChI=1S/C20H19NO/c1-2-22-20(21)14-16-12-13-18(15-8-4-3-5-9-15)19-11-7-6-10-17(16)19/h3-13,21H,2,14H2,1H3. The van der Waals surface area contributed by atoms with Gasteiger partial charge in [0.2, 0.25) is 0 Å². The minimum atomic E-state index is 0.320. The molecular weight excluding hydrogens is 270 g/mol. The van der Waals surface area contributed by atoms with Crippen LogP contribution >= 0.6 is 0 Å². The maximum atomic E-state index is 7.90. The van der Waals surface area contributed by atoms with Crippen LogP contribution in [0.3, 0.4) is 0 Å². The van der Waals surface area contributed by atoms with Crippen molar-refractivity contribution in [3.05, 3.63) is 72.3 Å². The predicted octanol–water partition coefficient (Wildman–Crippen LogP) is 5.06. The monoisotopic (exact) mass is 289 g/mol. The van der Waals surface area contributed by atoms with Crippen LogP contribution in [0, 0.1) is 5.41 Å². The van der Waals surface area contributed by atoms with E-state index < -0.39 is 0 Å². The van der Waals surface area contributed by atoms with Gasteiger partial charge in [-0.05, 0) is 34.4 Å². The van der Waals surface area contributed by atoms with Crippen LogP contribution < -0.4 is 0 Å². The van der Waals surface area contributed by atoms with Gasteiger partial charge in [0.25, 0.3) is 0 Å². The summed E-state index contributed by atoms with van der Waals surface area (Å²) < 4.78 is 5.29. The Labute approximate surface area is 130 Å². The van der Waals surface area contributed by atoms with Gasteiger partial charge in [-0.3, -0.25) is 5.41 Å². The van der Waals surface area contributed by atoms with Gasteiger partial charge in [0.15, 0.2) is 5.90 Å². The molecule has 0 bridgehead atoms. The lowest BCUT2D eigenvalue weighted by molar-refractivity contribution is 0.317. The van der Waals surface area contributed by atoms with E-state index in [0.717, 1.165) is 5.56 Å². The van der Waals surface area contributed by atoms with Crippen LogP contribution in [0.25, 0.3) is 21.9 Å². The Kier molecular flexibility index (Phi) is 4.19. The number of rotatable bonds is 4. The fourth-order valence-electron chi connectivity index (χ4n) is 2.78. The first kappa shape index (κ1) is 14.3. The molecule has 0 heterocycles. The summed E-state index contributed by atoms with van der Waals surface area (Å²) in [4.78, 5) is 0. The molecule has 0 unspecified atom stereocenters. The Morgan fingerprint density at radius 2 is 1.55 bits per heavy atom. The number of hydrogen-bond acceptors (Lipinski definition) is 2. The summed E-state index contributed by atoms with van der Waals surface area (Å²) in [5.41, 5.74) is 3.57. The molecule has 3 aromatic carbocycles. The molecule has 0 spiro atoms. The average Bonchev–Trinajstić information content (AvgIpc) is 2.56. The summed E-state index contributed by atoms with van der Waals surface area (Å²) in [6.45, 7) is 2.45. The van der Waals surface area contributed by atoms with Gasteiger partial charge < -0.3 is 4.74 Å². The fourth-order valence-corrected chi connectivity index (χ4v) is 2.78. The van der Waals surface area contributed by atoms with Crippen LogP contribution in [0.1, 0.15) is 12.5 Å². The van der Waals surface area contributed by atoms with Crippen molar-refractivity contribution in [3.8, 4) is 11.1 Å². The Morgan fingerprint density at radius 1 is 0.864 bits per heavy atom. The number of hydrogen-bond donors (Lipinski definition) is 1. The second-order valence-corrected chi connectivity index (χ2v) is 5.22. The van der Waals surface area contributed by atoms with Crippen LogP contribution in [0.5, 0.6) is 0 Å². The van der Waals surface area contributed by atoms with Crippen molar-refractivity contribution >= 4 is 16.7 Å². The van der Waals surface area contributed by atoms with Crippen LogP contribution in [-0.4, -0.2) is 12.5 Å². The normalized spacial score (nSPS) is 10.6. The Morgan fingerprint density at radius 3 is 2.27 bits per heavy atom. The summed E-state index contributed by atoms with van der Waals surface area (Å²) in [7, 11) is 0. The van der Waals surface area contributed by atoms with Gasteiger partial charge in [0.1, 0.15) is 0 Å². The molecule has 22 heavy (non-hydrogen) atoms. The highest BCUT2D eigenvalue weighted by atomic mass is 16.5. The number of fused-ring (bicyclic) bond motifs is 1. The van der Waals surface area contributed by atoms with Crippen molar-refractivity contribution in [1.82, 2.24) is 0 Å². The first-order chi connectivity index (χ1) is 10.8. The first-order valence-electron chi connectivity index (χ1n) is 7.56. The molecule has 0 aliphatic rings. The predicted molar refractivity (Wildman–Crippen MR) is 92.4 cm³/mol. The van der Waals surface area contributed by atoms with Gasteiger partial charge in [-0.15, -0.1) is 0 Å². The molecule has 3 aromatic rings.